The van der Waals surface area contributed by atoms with Gasteiger partial charge in [0.2, 0.25) is 11.9 Å². The number of aromatic nitrogens is 1. The Balaban J connectivity index is 2.12. The molecule has 2 amide bonds. The minimum absolute atomic E-state index is 0.315. The molecule has 1 saturated heterocycles. The third-order valence-electron chi connectivity index (χ3n) is 2.68. The second kappa shape index (κ2) is 5.07. The summed E-state index contributed by atoms with van der Waals surface area (Å²) in [6.07, 6.45) is 2.20. The molecule has 0 spiro atoms. The Bertz CT molecular complexity index is 493. The maximum Gasteiger partial charge on any atom is 0.255 e. The molecule has 1 aromatic heterocycles. The molecule has 0 aromatic carbocycles. The van der Waals surface area contributed by atoms with Gasteiger partial charge in [0.15, 0.2) is 5.82 Å². The number of pyridine rings is 1. The monoisotopic (exact) mass is 255 g/mol. The first kappa shape index (κ1) is 12.4. The van der Waals surface area contributed by atoms with Gasteiger partial charge in [-0.2, -0.15) is 4.39 Å². The molecule has 0 bridgehead atoms. The van der Waals surface area contributed by atoms with E-state index in [0.717, 1.165) is 18.7 Å². The molecule has 1 aromatic rings. The summed E-state index contributed by atoms with van der Waals surface area (Å²) >= 11 is 0. The van der Waals surface area contributed by atoms with Crippen molar-refractivity contribution >= 4 is 11.8 Å². The zero-order valence-electron chi connectivity index (χ0n) is 9.37. The number of nitrogens with one attached hydrogen (secondary N) is 2. The number of hydrogen-bond donors (Lipinski definition) is 2. The molecule has 7 heteroatoms. The van der Waals surface area contributed by atoms with E-state index in [-0.39, 0.29) is 5.91 Å². The quantitative estimate of drug-likeness (QED) is 0.750. The first-order valence-electron chi connectivity index (χ1n) is 5.48. The van der Waals surface area contributed by atoms with E-state index in [1.807, 2.05) is 0 Å². The van der Waals surface area contributed by atoms with Crippen molar-refractivity contribution in [3.8, 4) is 0 Å². The van der Waals surface area contributed by atoms with Crippen molar-refractivity contribution in [2.75, 3.05) is 6.54 Å². The smallest absolute Gasteiger partial charge is 0.255 e. The Kier molecular flexibility index (Phi) is 3.50. The van der Waals surface area contributed by atoms with Gasteiger partial charge in [-0.15, -0.1) is 0 Å². The van der Waals surface area contributed by atoms with Gasteiger partial charge in [-0.1, -0.05) is 0 Å². The van der Waals surface area contributed by atoms with Crippen LogP contribution >= 0.6 is 0 Å². The van der Waals surface area contributed by atoms with E-state index >= 15 is 0 Å². The molecule has 96 valence electrons. The van der Waals surface area contributed by atoms with Gasteiger partial charge in [0, 0.05) is 12.7 Å². The molecule has 18 heavy (non-hydrogen) atoms. The average molecular weight is 255 g/mol. The molecule has 5 nitrogen and oxygen atoms in total. The van der Waals surface area contributed by atoms with Crippen LogP contribution in [0.2, 0.25) is 0 Å². The molecule has 1 aliphatic heterocycles. The van der Waals surface area contributed by atoms with Crippen LogP contribution in [0.25, 0.3) is 0 Å². The Hall–Kier alpha value is -2.05. The van der Waals surface area contributed by atoms with Crippen LogP contribution in [0, 0.1) is 11.8 Å². The van der Waals surface area contributed by atoms with Crippen LogP contribution in [0.1, 0.15) is 23.2 Å². The van der Waals surface area contributed by atoms with Gasteiger partial charge in [-0.05, 0) is 18.9 Å². The molecule has 2 rings (SSSR count). The normalized spacial score (nSPS) is 19.2. The van der Waals surface area contributed by atoms with Gasteiger partial charge in [-0.25, -0.2) is 9.37 Å². The lowest BCUT2D eigenvalue weighted by molar-refractivity contribution is -0.124. The molecule has 2 N–H and O–H groups in total. The maximum absolute atomic E-state index is 13.3. The first-order chi connectivity index (χ1) is 8.59. The highest BCUT2D eigenvalue weighted by atomic mass is 19.2. The molecular weight excluding hydrogens is 244 g/mol. The Morgan fingerprint density at radius 1 is 1.50 bits per heavy atom. The van der Waals surface area contributed by atoms with Crippen LogP contribution in [0.4, 0.5) is 8.78 Å². The molecule has 0 saturated carbocycles. The third kappa shape index (κ3) is 2.44. The number of carbonyl (C=O) groups is 2. The number of nitrogens with zero attached hydrogens (tertiary/aromatic N) is 1. The summed E-state index contributed by atoms with van der Waals surface area (Å²) in [5.41, 5.74) is -0.458. The van der Waals surface area contributed by atoms with Gasteiger partial charge in [0.05, 0.1) is 5.56 Å². The zero-order valence-corrected chi connectivity index (χ0v) is 9.37. The van der Waals surface area contributed by atoms with Gasteiger partial charge in [0.1, 0.15) is 6.04 Å². The van der Waals surface area contributed by atoms with Crippen LogP contribution in [-0.4, -0.2) is 29.4 Å². The molecule has 2 heterocycles. The van der Waals surface area contributed by atoms with Gasteiger partial charge < -0.3 is 10.6 Å². The van der Waals surface area contributed by atoms with Gasteiger partial charge in [0.25, 0.3) is 5.91 Å². The summed E-state index contributed by atoms with van der Waals surface area (Å²) in [4.78, 5) is 26.2. The number of hydrogen-bond acceptors (Lipinski definition) is 3. The van der Waals surface area contributed by atoms with Crippen molar-refractivity contribution < 1.29 is 18.4 Å². The van der Waals surface area contributed by atoms with E-state index in [9.17, 15) is 18.4 Å². The number of rotatable bonds is 2. The molecule has 0 aliphatic carbocycles. The fraction of sp³-hybridized carbons (Fsp3) is 0.364. The summed E-state index contributed by atoms with van der Waals surface area (Å²) in [6.45, 7) is 0.559. The minimum Gasteiger partial charge on any atom is -0.354 e. The lowest BCUT2D eigenvalue weighted by atomic mass is 10.1. The number of carbonyl (C=O) groups excluding carboxylic acids is 2. The van der Waals surface area contributed by atoms with Crippen molar-refractivity contribution in [2.45, 2.75) is 18.9 Å². The van der Waals surface area contributed by atoms with Gasteiger partial charge >= 0.3 is 0 Å². The third-order valence-corrected chi connectivity index (χ3v) is 2.68. The predicted octanol–water partition coefficient (Wildman–Crippen LogP) is 0.368. The molecule has 1 atom stereocenters. The van der Waals surface area contributed by atoms with Crippen molar-refractivity contribution in [1.29, 1.82) is 0 Å². The van der Waals surface area contributed by atoms with Crippen LogP contribution in [0.15, 0.2) is 12.3 Å². The minimum atomic E-state index is -1.34. The van der Waals surface area contributed by atoms with Crippen LogP contribution < -0.4 is 10.6 Å². The summed E-state index contributed by atoms with van der Waals surface area (Å²) in [7, 11) is 0. The lowest BCUT2D eigenvalue weighted by Gasteiger charge is -2.22. The maximum atomic E-state index is 13.3. The standard InChI is InChI=1S/C11H11F2N3O2/c12-8-6(3-5-14-9(8)13)10(17)16-7-2-1-4-15-11(7)18/h3,5,7H,1-2,4H2,(H,15,18)(H,16,17). The largest absolute Gasteiger partial charge is 0.354 e. The molecule has 1 aliphatic rings. The average Bonchev–Trinajstić information content (AvgIpc) is 2.35. The summed E-state index contributed by atoms with van der Waals surface area (Å²) < 4.78 is 26.2. The highest BCUT2D eigenvalue weighted by Gasteiger charge is 2.25. The van der Waals surface area contributed by atoms with Crippen molar-refractivity contribution in [2.24, 2.45) is 0 Å². The van der Waals surface area contributed by atoms with Crippen molar-refractivity contribution in [3.63, 3.8) is 0 Å². The fourth-order valence-electron chi connectivity index (χ4n) is 1.74. The number of amides is 2. The summed E-state index contributed by atoms with van der Waals surface area (Å²) in [5, 5.41) is 4.95. The zero-order chi connectivity index (χ0) is 13.1. The van der Waals surface area contributed by atoms with Gasteiger partial charge in [-0.3, -0.25) is 9.59 Å². The van der Waals surface area contributed by atoms with Crippen molar-refractivity contribution in [3.05, 3.63) is 29.6 Å². The van der Waals surface area contributed by atoms with E-state index in [0.29, 0.717) is 13.0 Å². The summed E-state index contributed by atoms with van der Waals surface area (Å²) in [6, 6.07) is 0.357. The van der Waals surface area contributed by atoms with Crippen LogP contribution in [0.5, 0.6) is 0 Å². The topological polar surface area (TPSA) is 71.1 Å². The highest BCUT2D eigenvalue weighted by Crippen LogP contribution is 2.10. The molecule has 1 fully saturated rings. The Labute approximate surface area is 102 Å². The van der Waals surface area contributed by atoms with E-state index in [1.54, 1.807) is 0 Å². The summed E-state index contributed by atoms with van der Waals surface area (Å²) in [5.74, 6) is -3.79. The van der Waals surface area contributed by atoms with E-state index in [1.165, 1.54) is 0 Å². The number of piperidine rings is 1. The van der Waals surface area contributed by atoms with E-state index < -0.39 is 29.3 Å². The van der Waals surface area contributed by atoms with Crippen molar-refractivity contribution in [1.82, 2.24) is 15.6 Å². The molecular formula is C11H11F2N3O2. The lowest BCUT2D eigenvalue weighted by Crippen LogP contribution is -2.50. The van der Waals surface area contributed by atoms with E-state index in [2.05, 4.69) is 15.6 Å². The van der Waals surface area contributed by atoms with E-state index in [4.69, 9.17) is 0 Å². The Morgan fingerprint density at radius 2 is 2.28 bits per heavy atom. The highest BCUT2D eigenvalue weighted by molar-refractivity contribution is 5.97. The fourth-order valence-corrected chi connectivity index (χ4v) is 1.74. The molecule has 1 unspecified atom stereocenters. The second-order valence-corrected chi connectivity index (χ2v) is 3.92. The number of halogens is 2. The first-order valence-corrected chi connectivity index (χ1v) is 5.48. The van der Waals surface area contributed by atoms with Crippen LogP contribution in [-0.2, 0) is 4.79 Å². The Morgan fingerprint density at radius 3 is 3.00 bits per heavy atom. The SMILES string of the molecule is O=C(NC1CCCNC1=O)c1ccnc(F)c1F. The van der Waals surface area contributed by atoms with Crippen LogP contribution in [0.3, 0.4) is 0 Å². The predicted molar refractivity (Wildman–Crippen MR) is 57.7 cm³/mol. The molecule has 0 radical (unpaired) electrons. The second-order valence-electron chi connectivity index (χ2n) is 3.92.